The van der Waals surface area contributed by atoms with E-state index in [1.54, 1.807) is 0 Å². The number of benzene rings is 18. The fourth-order valence-corrected chi connectivity index (χ4v) is 20.3. The van der Waals surface area contributed by atoms with Crippen LogP contribution in [-0.4, -0.2) is 0 Å². The normalized spacial score (nSPS) is 16.8. The van der Waals surface area contributed by atoms with Crippen LogP contribution in [0.2, 0.25) is 0 Å². The minimum Gasteiger partial charge on any atom is -0.457 e. The van der Waals surface area contributed by atoms with E-state index in [0.29, 0.717) is 0 Å². The smallest absolute Gasteiger partial charge is 0.132 e. The van der Waals surface area contributed by atoms with Gasteiger partial charge in [-0.05, 0) is 358 Å². The third-order valence-electron chi connectivity index (χ3n) is 22.8. The minimum atomic E-state index is -0.793. The van der Waals surface area contributed by atoms with Crippen molar-refractivity contribution >= 4 is 180 Å². The van der Waals surface area contributed by atoms with Crippen molar-refractivity contribution in [1.82, 2.24) is 0 Å². The standard InChI is InChI=1S/C99H56Br3I3O3/c100-79-32-26-73(27-33-79)97(74-28-34-82(103)35-29-74)85-42-57-8-1-3-10-59(57)48-91(85)106-93-50-69-38-61(18-22-65(69)44-86(93)97)62-19-23-66-45-87-94(51-70(66)39-62)108-95-52-71-40-63(20-24-67(71)46-88(95)98(87,75-30-36-83(104)37-31-75)76-12-5-15-80(101)54-76)64-21-25-68-47-90-96(53-72(68)41-64)107-92-49-60-11-4-2-9-58(60)43-89(92)99(90,77-13-6-16-81(102)55-77)78-14-7-17-84(105)56-78/h1-56H. The second kappa shape index (κ2) is 25.9. The summed E-state index contributed by atoms with van der Waals surface area (Å²) >= 11 is 18.9. The Hall–Kier alpha value is -9.45. The first-order valence-corrected chi connectivity index (χ1v) is 41.4. The maximum atomic E-state index is 7.49. The molecular weight excluding hydrogens is 1860 g/mol. The fraction of sp³-hybridized carbons (Fsp3) is 0.0303. The predicted molar refractivity (Wildman–Crippen MR) is 479 cm³/mol. The molecular formula is C99H56Br3I3O3. The topological polar surface area (TPSA) is 27.7 Å². The summed E-state index contributed by atoms with van der Waals surface area (Å²) < 4.78 is 28.5. The van der Waals surface area contributed by atoms with Crippen LogP contribution < -0.4 is 14.2 Å². The predicted octanol–water partition coefficient (Wildman–Crippen LogP) is 29.5. The van der Waals surface area contributed by atoms with E-state index in [0.717, 1.165) is 189 Å². The van der Waals surface area contributed by atoms with E-state index in [1.165, 1.54) is 23.7 Å². The van der Waals surface area contributed by atoms with Crippen molar-refractivity contribution in [3.05, 3.63) is 431 Å². The molecule has 0 aliphatic carbocycles. The van der Waals surface area contributed by atoms with Gasteiger partial charge in [0.05, 0.1) is 16.2 Å². The molecule has 0 saturated heterocycles. The Kier molecular flexibility index (Phi) is 16.0. The molecule has 3 nitrogen and oxygen atoms in total. The molecule has 0 saturated carbocycles. The highest BCUT2D eigenvalue weighted by Gasteiger charge is 2.50. The van der Waals surface area contributed by atoms with Gasteiger partial charge in [0, 0.05) is 57.5 Å². The van der Waals surface area contributed by atoms with Crippen LogP contribution in [0.5, 0.6) is 34.5 Å². The molecule has 0 fully saturated rings. The van der Waals surface area contributed by atoms with Crippen molar-refractivity contribution in [3.8, 4) is 56.8 Å². The number of ether oxygens (including phenoxy) is 3. The number of hydrogen-bond acceptors (Lipinski definition) is 3. The molecule has 21 rings (SSSR count). The molecule has 18 aromatic rings. The summed E-state index contributed by atoms with van der Waals surface area (Å²) in [5, 5.41) is 13.4. The van der Waals surface area contributed by atoms with Gasteiger partial charge in [0.15, 0.2) is 0 Å². The van der Waals surface area contributed by atoms with E-state index in [9.17, 15) is 0 Å². The van der Waals surface area contributed by atoms with Gasteiger partial charge in [-0.2, -0.15) is 0 Å². The summed E-state index contributed by atoms with van der Waals surface area (Å²) in [6.45, 7) is 0. The Bertz CT molecular complexity index is 6780. The van der Waals surface area contributed by atoms with Gasteiger partial charge in [0.25, 0.3) is 0 Å². The van der Waals surface area contributed by atoms with Gasteiger partial charge >= 0.3 is 0 Å². The number of rotatable bonds is 8. The third-order valence-corrected chi connectivity index (χ3v) is 26.4. The lowest BCUT2D eigenvalue weighted by molar-refractivity contribution is 0.436. The van der Waals surface area contributed by atoms with Gasteiger partial charge < -0.3 is 14.2 Å². The van der Waals surface area contributed by atoms with Crippen LogP contribution in [0.4, 0.5) is 0 Å². The molecule has 512 valence electrons. The highest BCUT2D eigenvalue weighted by Crippen LogP contribution is 2.62. The van der Waals surface area contributed by atoms with E-state index in [2.05, 4.69) is 455 Å². The number of halogens is 6. The first-order chi connectivity index (χ1) is 52.8. The van der Waals surface area contributed by atoms with Crippen LogP contribution in [0.3, 0.4) is 0 Å². The lowest BCUT2D eigenvalue weighted by Crippen LogP contribution is -2.34. The third kappa shape index (κ3) is 10.6. The summed E-state index contributed by atoms with van der Waals surface area (Å²) in [4.78, 5) is 0. The van der Waals surface area contributed by atoms with Gasteiger partial charge in [0.1, 0.15) is 34.5 Å². The summed E-state index contributed by atoms with van der Waals surface area (Å²) in [5.74, 6) is 4.97. The lowest BCUT2D eigenvalue weighted by atomic mass is 9.63. The van der Waals surface area contributed by atoms with Gasteiger partial charge in [-0.25, -0.2) is 0 Å². The fourth-order valence-electron chi connectivity index (χ4n) is 18.0. The van der Waals surface area contributed by atoms with Gasteiger partial charge in [-0.3, -0.25) is 0 Å². The number of fused-ring (bicyclic) bond motifs is 12. The van der Waals surface area contributed by atoms with Crippen molar-refractivity contribution < 1.29 is 14.2 Å². The average Bonchev–Trinajstić information content (AvgIpc) is 0.709. The van der Waals surface area contributed by atoms with Crippen LogP contribution in [-0.2, 0) is 16.2 Å². The molecule has 0 bridgehead atoms. The molecule has 18 aromatic carbocycles. The Morgan fingerprint density at radius 3 is 0.778 bits per heavy atom. The zero-order valence-electron chi connectivity index (χ0n) is 57.3. The molecule has 3 aliphatic heterocycles. The first-order valence-electron chi connectivity index (χ1n) is 35.8. The van der Waals surface area contributed by atoms with Crippen molar-refractivity contribution in [3.63, 3.8) is 0 Å². The van der Waals surface area contributed by atoms with Crippen molar-refractivity contribution in [1.29, 1.82) is 0 Å². The Balaban J connectivity index is 0.692. The maximum absolute atomic E-state index is 7.49. The molecule has 3 aliphatic rings. The summed E-state index contributed by atoms with van der Waals surface area (Å²) in [7, 11) is 0. The second-order valence-electron chi connectivity index (χ2n) is 28.6. The number of hydrogen-bond donors (Lipinski definition) is 0. The molecule has 0 radical (unpaired) electrons. The highest BCUT2D eigenvalue weighted by molar-refractivity contribution is 14.1. The second-order valence-corrected chi connectivity index (χ2v) is 35.1. The van der Waals surface area contributed by atoms with E-state index in [-0.39, 0.29) is 0 Å². The molecule has 0 amide bonds. The maximum Gasteiger partial charge on any atom is 0.132 e. The van der Waals surface area contributed by atoms with E-state index < -0.39 is 16.2 Å². The monoisotopic (exact) mass is 1910 g/mol. The Labute approximate surface area is 690 Å². The van der Waals surface area contributed by atoms with Crippen LogP contribution >= 0.6 is 116 Å². The van der Waals surface area contributed by atoms with Gasteiger partial charge in [-0.1, -0.05) is 218 Å². The quantitative estimate of drug-likeness (QED) is 0.142. The van der Waals surface area contributed by atoms with E-state index in [4.69, 9.17) is 14.2 Å². The summed E-state index contributed by atoms with van der Waals surface area (Å²) in [6, 6.07) is 126. The van der Waals surface area contributed by atoms with Crippen molar-refractivity contribution in [2.45, 2.75) is 16.2 Å². The van der Waals surface area contributed by atoms with Crippen LogP contribution in [0.25, 0.3) is 86.9 Å². The molecule has 9 heteroatoms. The Morgan fingerprint density at radius 2 is 0.454 bits per heavy atom. The van der Waals surface area contributed by atoms with Crippen LogP contribution in [0.15, 0.2) is 353 Å². The molecule has 3 unspecified atom stereocenters. The highest BCUT2D eigenvalue weighted by atomic mass is 127. The molecule has 0 N–H and O–H groups in total. The van der Waals surface area contributed by atoms with Crippen molar-refractivity contribution in [2.75, 3.05) is 0 Å². The lowest BCUT2D eigenvalue weighted by Gasteiger charge is -2.42. The van der Waals surface area contributed by atoms with E-state index >= 15 is 0 Å². The van der Waals surface area contributed by atoms with Crippen LogP contribution in [0, 0.1) is 10.7 Å². The summed E-state index contributed by atoms with van der Waals surface area (Å²) in [6.07, 6.45) is 0. The summed E-state index contributed by atoms with van der Waals surface area (Å²) in [5.41, 5.74) is 15.7. The largest absolute Gasteiger partial charge is 0.457 e. The van der Waals surface area contributed by atoms with Gasteiger partial charge in [-0.15, -0.1) is 0 Å². The molecule has 3 heterocycles. The molecule has 0 spiro atoms. The minimum absolute atomic E-state index is 0.698. The molecule has 3 atom stereocenters. The Morgan fingerprint density at radius 1 is 0.185 bits per heavy atom. The van der Waals surface area contributed by atoms with Gasteiger partial charge in [0.2, 0.25) is 0 Å². The van der Waals surface area contributed by atoms with E-state index in [1.807, 2.05) is 0 Å². The first kappa shape index (κ1) is 66.7. The SMILES string of the molecule is Brc1ccc(C2(c3ccc(I)cc3)c3cc4ccccc4cc3Oc3cc4cc(-c5ccc6cc7c(cc6c5)Oc5cc6cc(-c8ccc9cc%10c(cc9c8)Oc8cc9ccccc9cc8C%10(c8cccc(Br)c8)c8cccc(I)c8)ccc6cc5C7(c5ccc(I)cc5)c5cccc(Br)c5)ccc4cc32)cc1. The van der Waals surface area contributed by atoms with Crippen molar-refractivity contribution in [2.24, 2.45) is 0 Å². The zero-order chi connectivity index (χ0) is 72.3. The zero-order valence-corrected chi connectivity index (χ0v) is 68.6. The average molecular weight is 1910 g/mol. The molecule has 0 aromatic heterocycles. The molecule has 108 heavy (non-hydrogen) atoms. The van der Waals surface area contributed by atoms with Crippen LogP contribution in [0.1, 0.15) is 66.8 Å².